The molecule has 25 heavy (non-hydrogen) atoms. The Hall–Kier alpha value is -2.86. The normalized spacial score (nSPS) is 10.2. The molecule has 0 aliphatic rings. The van der Waals surface area contributed by atoms with Crippen LogP contribution in [-0.4, -0.2) is 24.2 Å². The summed E-state index contributed by atoms with van der Waals surface area (Å²) in [6.45, 7) is 1.14. The van der Waals surface area contributed by atoms with Crippen LogP contribution in [-0.2, 0) is 11.3 Å². The lowest BCUT2D eigenvalue weighted by Gasteiger charge is -2.06. The number of esters is 1. The highest BCUT2D eigenvalue weighted by molar-refractivity contribution is 7.13. The van der Waals surface area contributed by atoms with Gasteiger partial charge in [0.05, 0.1) is 0 Å². The number of nitrogens with one attached hydrogen (secondary N) is 1. The minimum Gasteiger partial charge on any atom is -0.490 e. The van der Waals surface area contributed by atoms with Crippen molar-refractivity contribution in [1.82, 2.24) is 4.98 Å². The van der Waals surface area contributed by atoms with E-state index in [0.717, 1.165) is 11.3 Å². The summed E-state index contributed by atoms with van der Waals surface area (Å²) in [5, 5.41) is 5.58. The van der Waals surface area contributed by atoms with Crippen LogP contribution in [0.1, 0.15) is 16.1 Å². The molecule has 1 N–H and O–H groups in total. The van der Waals surface area contributed by atoms with E-state index in [1.165, 1.54) is 11.3 Å². The first-order valence-corrected chi connectivity index (χ1v) is 8.77. The van der Waals surface area contributed by atoms with E-state index in [-0.39, 0.29) is 6.61 Å². The minimum absolute atomic E-state index is 0.179. The Morgan fingerprint density at radius 3 is 2.48 bits per heavy atom. The van der Waals surface area contributed by atoms with Crippen molar-refractivity contribution in [2.75, 3.05) is 18.5 Å². The van der Waals surface area contributed by atoms with Crippen molar-refractivity contribution in [3.05, 3.63) is 77.3 Å². The Morgan fingerprint density at radius 1 is 1.00 bits per heavy atom. The van der Waals surface area contributed by atoms with Gasteiger partial charge in [-0.25, -0.2) is 9.78 Å². The molecule has 0 fully saturated rings. The Kier molecular flexibility index (Phi) is 6.01. The number of thiazole rings is 1. The molecule has 0 aliphatic carbocycles. The maximum Gasteiger partial charge on any atom is 0.358 e. The average molecular weight is 354 g/mol. The van der Waals surface area contributed by atoms with E-state index in [2.05, 4.69) is 10.3 Å². The number of nitrogens with zero attached hydrogens (tertiary/aromatic N) is 1. The van der Waals surface area contributed by atoms with Gasteiger partial charge in [-0.1, -0.05) is 48.5 Å². The molecule has 1 heterocycles. The van der Waals surface area contributed by atoms with Gasteiger partial charge >= 0.3 is 5.97 Å². The van der Waals surface area contributed by atoms with Crippen molar-refractivity contribution in [2.45, 2.75) is 6.54 Å². The van der Waals surface area contributed by atoms with Crippen LogP contribution in [0.25, 0.3) is 0 Å². The Bertz CT molecular complexity index is 791. The molecule has 0 amide bonds. The number of para-hydroxylation sites is 1. The highest BCUT2D eigenvalue weighted by Gasteiger charge is 2.12. The highest BCUT2D eigenvalue weighted by Crippen LogP contribution is 2.17. The van der Waals surface area contributed by atoms with Crippen molar-refractivity contribution in [2.24, 2.45) is 0 Å². The molecule has 0 spiro atoms. The fourth-order valence-corrected chi connectivity index (χ4v) is 2.79. The quantitative estimate of drug-likeness (QED) is 0.489. The molecular formula is C19H18N2O3S. The second kappa shape index (κ2) is 8.84. The zero-order valence-electron chi connectivity index (χ0n) is 13.6. The van der Waals surface area contributed by atoms with Gasteiger partial charge in [0.1, 0.15) is 19.0 Å². The molecule has 3 rings (SSSR count). The van der Waals surface area contributed by atoms with Gasteiger partial charge in [-0.3, -0.25) is 0 Å². The monoisotopic (exact) mass is 354 g/mol. The second-order valence-corrected chi connectivity index (χ2v) is 6.03. The molecule has 0 saturated carbocycles. The van der Waals surface area contributed by atoms with Gasteiger partial charge in [-0.15, -0.1) is 11.3 Å². The summed E-state index contributed by atoms with van der Waals surface area (Å²) in [5.41, 5.74) is 1.46. The second-order valence-electron chi connectivity index (χ2n) is 5.17. The van der Waals surface area contributed by atoms with E-state index in [1.54, 1.807) is 5.38 Å². The number of anilines is 1. The molecule has 0 bridgehead atoms. The van der Waals surface area contributed by atoms with E-state index in [9.17, 15) is 4.79 Å². The Balaban J connectivity index is 1.41. The third-order valence-corrected chi connectivity index (χ3v) is 4.13. The molecule has 0 radical (unpaired) electrons. The van der Waals surface area contributed by atoms with Crippen LogP contribution < -0.4 is 10.1 Å². The van der Waals surface area contributed by atoms with E-state index >= 15 is 0 Å². The molecule has 2 aromatic carbocycles. The Morgan fingerprint density at radius 2 is 1.72 bits per heavy atom. The number of carbonyl (C=O) groups excluding carboxylic acids is 1. The molecule has 6 heteroatoms. The van der Waals surface area contributed by atoms with Gasteiger partial charge in [-0.2, -0.15) is 0 Å². The molecule has 1 aromatic heterocycles. The first kappa shape index (κ1) is 17.0. The smallest absolute Gasteiger partial charge is 0.358 e. The van der Waals surface area contributed by atoms with Crippen LogP contribution in [0.3, 0.4) is 0 Å². The van der Waals surface area contributed by atoms with Crippen LogP contribution in [0.15, 0.2) is 66.0 Å². The zero-order valence-corrected chi connectivity index (χ0v) is 14.4. The van der Waals surface area contributed by atoms with Crippen LogP contribution in [0.4, 0.5) is 5.13 Å². The average Bonchev–Trinajstić information content (AvgIpc) is 3.14. The number of ether oxygens (including phenoxy) is 2. The zero-order chi connectivity index (χ0) is 17.3. The largest absolute Gasteiger partial charge is 0.490 e. The van der Waals surface area contributed by atoms with Gasteiger partial charge in [0.25, 0.3) is 0 Å². The highest BCUT2D eigenvalue weighted by atomic mass is 32.1. The summed E-state index contributed by atoms with van der Waals surface area (Å²) >= 11 is 1.38. The number of aromatic nitrogens is 1. The lowest BCUT2D eigenvalue weighted by atomic mass is 10.2. The van der Waals surface area contributed by atoms with Crippen LogP contribution in [0.2, 0.25) is 0 Å². The minimum atomic E-state index is -0.444. The molecule has 0 aliphatic heterocycles. The van der Waals surface area contributed by atoms with Crippen LogP contribution >= 0.6 is 11.3 Å². The molecule has 0 atom stereocenters. The lowest BCUT2D eigenvalue weighted by molar-refractivity contribution is 0.0444. The fraction of sp³-hybridized carbons (Fsp3) is 0.158. The van der Waals surface area contributed by atoms with Crippen molar-refractivity contribution in [1.29, 1.82) is 0 Å². The van der Waals surface area contributed by atoms with Crippen molar-refractivity contribution < 1.29 is 14.3 Å². The maximum absolute atomic E-state index is 12.0. The molecule has 128 valence electrons. The van der Waals surface area contributed by atoms with Gasteiger partial charge in [0.15, 0.2) is 10.8 Å². The summed E-state index contributed by atoms with van der Waals surface area (Å²) in [4.78, 5) is 16.2. The first-order valence-electron chi connectivity index (χ1n) is 7.89. The number of hydrogen-bond donors (Lipinski definition) is 1. The van der Waals surface area contributed by atoms with Crippen LogP contribution in [0.5, 0.6) is 5.75 Å². The van der Waals surface area contributed by atoms with Crippen molar-refractivity contribution in [3.8, 4) is 5.75 Å². The third-order valence-electron chi connectivity index (χ3n) is 3.33. The van der Waals surface area contributed by atoms with E-state index in [1.807, 2.05) is 60.7 Å². The predicted octanol–water partition coefficient (Wildman–Crippen LogP) is 3.99. The van der Waals surface area contributed by atoms with Gasteiger partial charge in [0, 0.05) is 11.9 Å². The lowest BCUT2D eigenvalue weighted by Crippen LogP contribution is -2.12. The van der Waals surface area contributed by atoms with Gasteiger partial charge in [-0.05, 0) is 17.7 Å². The molecule has 0 saturated heterocycles. The number of carbonyl (C=O) groups is 1. The van der Waals surface area contributed by atoms with Crippen molar-refractivity contribution in [3.63, 3.8) is 0 Å². The van der Waals surface area contributed by atoms with Crippen LogP contribution in [0, 0.1) is 0 Å². The van der Waals surface area contributed by atoms with E-state index < -0.39 is 5.97 Å². The molecule has 5 nitrogen and oxygen atoms in total. The van der Waals surface area contributed by atoms with Gasteiger partial charge < -0.3 is 14.8 Å². The molecule has 3 aromatic rings. The summed E-state index contributed by atoms with van der Waals surface area (Å²) in [7, 11) is 0. The standard InChI is InChI=1S/C19H18N2O3S/c22-18(24-12-11-23-16-9-5-2-6-10-16)17-14-25-19(21-17)20-13-15-7-3-1-4-8-15/h1-10,14H,11-13H2,(H,20,21). The summed E-state index contributed by atoms with van der Waals surface area (Å²) in [5.74, 6) is 0.306. The number of benzene rings is 2. The number of hydrogen-bond acceptors (Lipinski definition) is 6. The number of rotatable bonds is 8. The summed E-state index contributed by atoms with van der Waals surface area (Å²) < 4.78 is 10.7. The maximum atomic E-state index is 12.0. The topological polar surface area (TPSA) is 60.5 Å². The fourth-order valence-electron chi connectivity index (χ4n) is 2.11. The van der Waals surface area contributed by atoms with E-state index in [0.29, 0.717) is 24.0 Å². The van der Waals surface area contributed by atoms with E-state index in [4.69, 9.17) is 9.47 Å². The molecular weight excluding hydrogens is 336 g/mol. The summed E-state index contributed by atoms with van der Waals surface area (Å²) in [6.07, 6.45) is 0. The Labute approximate surface area is 150 Å². The predicted molar refractivity (Wildman–Crippen MR) is 98.1 cm³/mol. The van der Waals surface area contributed by atoms with Crippen molar-refractivity contribution >= 4 is 22.4 Å². The van der Waals surface area contributed by atoms with Gasteiger partial charge in [0.2, 0.25) is 0 Å². The first-order chi connectivity index (χ1) is 12.3. The SMILES string of the molecule is O=C(OCCOc1ccccc1)c1csc(NCc2ccccc2)n1. The molecule has 0 unspecified atom stereocenters. The summed E-state index contributed by atoms with van der Waals surface area (Å²) in [6, 6.07) is 19.4. The third kappa shape index (κ3) is 5.32.